The van der Waals surface area contributed by atoms with Crippen molar-refractivity contribution in [2.24, 2.45) is 4.99 Å². The van der Waals surface area contributed by atoms with Crippen LogP contribution in [0.1, 0.15) is 18.9 Å². The number of nitrogens with one attached hydrogen (secondary N) is 2. The molecule has 0 radical (unpaired) electrons. The van der Waals surface area contributed by atoms with E-state index in [4.69, 9.17) is 4.74 Å². The van der Waals surface area contributed by atoms with Gasteiger partial charge in [0.1, 0.15) is 15.6 Å². The molecule has 0 heterocycles. The zero-order valence-corrected chi connectivity index (χ0v) is 17.9. The number of ether oxygens (including phenoxy) is 1. The first-order valence-electron chi connectivity index (χ1n) is 7.62. The van der Waals surface area contributed by atoms with Crippen LogP contribution < -0.4 is 15.4 Å². The summed E-state index contributed by atoms with van der Waals surface area (Å²) in [6, 6.07) is 7.93. The highest BCUT2D eigenvalue weighted by atomic mass is 127. The third kappa shape index (κ3) is 9.31. The van der Waals surface area contributed by atoms with Crippen LogP contribution in [0, 0.1) is 0 Å². The van der Waals surface area contributed by atoms with E-state index < -0.39 is 9.84 Å². The first-order chi connectivity index (χ1) is 10.9. The third-order valence-corrected chi connectivity index (χ3v) is 4.38. The van der Waals surface area contributed by atoms with E-state index >= 15 is 0 Å². The van der Waals surface area contributed by atoms with Crippen LogP contribution in [0.25, 0.3) is 0 Å². The second-order valence-electron chi connectivity index (χ2n) is 5.52. The number of rotatable bonds is 8. The summed E-state index contributed by atoms with van der Waals surface area (Å²) in [6.07, 6.45) is 2.61. The van der Waals surface area contributed by atoms with E-state index in [1.807, 2.05) is 31.2 Å². The highest BCUT2D eigenvalue weighted by Gasteiger charge is 2.09. The van der Waals surface area contributed by atoms with Crippen molar-refractivity contribution in [3.63, 3.8) is 0 Å². The maximum Gasteiger partial charge on any atom is 0.191 e. The van der Waals surface area contributed by atoms with Gasteiger partial charge in [-0.25, -0.2) is 8.42 Å². The Hall–Kier alpha value is -1.03. The van der Waals surface area contributed by atoms with E-state index in [9.17, 15) is 8.42 Å². The quantitative estimate of drug-likeness (QED) is 0.345. The van der Waals surface area contributed by atoms with Gasteiger partial charge in [-0.1, -0.05) is 18.2 Å². The maximum absolute atomic E-state index is 11.2. The molecular formula is C16H28IN3O3S. The molecule has 0 aliphatic heterocycles. The molecule has 1 rings (SSSR count). The molecule has 6 nitrogen and oxygen atoms in total. The van der Waals surface area contributed by atoms with Crippen molar-refractivity contribution in [1.29, 1.82) is 0 Å². The van der Waals surface area contributed by atoms with Crippen LogP contribution in [0.5, 0.6) is 5.75 Å². The number of benzene rings is 1. The Morgan fingerprint density at radius 2 is 2.00 bits per heavy atom. The van der Waals surface area contributed by atoms with Gasteiger partial charge in [-0.3, -0.25) is 4.99 Å². The Bertz CT molecular complexity index is 621. The molecule has 0 aliphatic rings. The topological polar surface area (TPSA) is 79.8 Å². The van der Waals surface area contributed by atoms with Crippen molar-refractivity contribution in [2.75, 3.05) is 32.7 Å². The van der Waals surface area contributed by atoms with Crippen LogP contribution in [0.15, 0.2) is 29.3 Å². The molecule has 0 aliphatic carbocycles. The van der Waals surface area contributed by atoms with Crippen LogP contribution in [0.3, 0.4) is 0 Å². The van der Waals surface area contributed by atoms with Gasteiger partial charge < -0.3 is 15.4 Å². The summed E-state index contributed by atoms with van der Waals surface area (Å²) in [4.78, 5) is 4.16. The van der Waals surface area contributed by atoms with Crippen LogP contribution in [0.4, 0.5) is 0 Å². The van der Waals surface area contributed by atoms with E-state index in [0.29, 0.717) is 18.9 Å². The average molecular weight is 469 g/mol. The van der Waals surface area contributed by atoms with E-state index in [-0.39, 0.29) is 35.8 Å². The maximum atomic E-state index is 11.2. The minimum absolute atomic E-state index is 0. The SMILES string of the molecule is CN=C(NCCc1ccccc1OC)NC(C)CCS(C)(=O)=O.I. The van der Waals surface area contributed by atoms with Crippen molar-refractivity contribution in [3.8, 4) is 5.75 Å². The monoisotopic (exact) mass is 469 g/mol. The largest absolute Gasteiger partial charge is 0.496 e. The summed E-state index contributed by atoms with van der Waals surface area (Å²) in [6.45, 7) is 2.65. The van der Waals surface area contributed by atoms with Gasteiger partial charge >= 0.3 is 0 Å². The minimum Gasteiger partial charge on any atom is -0.496 e. The number of para-hydroxylation sites is 1. The number of hydrogen-bond acceptors (Lipinski definition) is 4. The van der Waals surface area contributed by atoms with Crippen LogP contribution in [-0.4, -0.2) is 53.1 Å². The number of halogens is 1. The molecule has 0 saturated heterocycles. The first-order valence-corrected chi connectivity index (χ1v) is 9.68. The molecule has 0 fully saturated rings. The molecule has 0 aromatic heterocycles. The molecule has 1 atom stereocenters. The van der Waals surface area contributed by atoms with Gasteiger partial charge in [0.15, 0.2) is 5.96 Å². The molecule has 24 heavy (non-hydrogen) atoms. The lowest BCUT2D eigenvalue weighted by Crippen LogP contribution is -2.43. The van der Waals surface area contributed by atoms with Gasteiger partial charge in [0.25, 0.3) is 0 Å². The van der Waals surface area contributed by atoms with Crippen molar-refractivity contribution in [2.45, 2.75) is 25.8 Å². The Labute approximate surface area is 162 Å². The predicted octanol–water partition coefficient (Wildman–Crippen LogP) is 1.84. The van der Waals surface area contributed by atoms with E-state index in [0.717, 1.165) is 17.7 Å². The molecule has 0 amide bonds. The summed E-state index contributed by atoms with van der Waals surface area (Å²) < 4.78 is 27.7. The number of nitrogens with zero attached hydrogens (tertiary/aromatic N) is 1. The van der Waals surface area contributed by atoms with Crippen LogP contribution in [0.2, 0.25) is 0 Å². The fraction of sp³-hybridized carbons (Fsp3) is 0.562. The molecule has 1 unspecified atom stereocenters. The van der Waals surface area contributed by atoms with Gasteiger partial charge in [0.05, 0.1) is 12.9 Å². The van der Waals surface area contributed by atoms with E-state index in [1.54, 1.807) is 14.2 Å². The summed E-state index contributed by atoms with van der Waals surface area (Å²) in [5.41, 5.74) is 1.13. The molecule has 138 valence electrons. The first kappa shape index (κ1) is 23.0. The van der Waals surface area contributed by atoms with Crippen molar-refractivity contribution >= 4 is 39.8 Å². The van der Waals surface area contributed by atoms with Gasteiger partial charge in [-0.2, -0.15) is 0 Å². The summed E-state index contributed by atoms with van der Waals surface area (Å²) >= 11 is 0. The number of hydrogen-bond donors (Lipinski definition) is 2. The van der Waals surface area contributed by atoms with Crippen LogP contribution in [-0.2, 0) is 16.3 Å². The normalized spacial score (nSPS) is 12.9. The summed E-state index contributed by atoms with van der Waals surface area (Å²) in [5.74, 6) is 1.71. The van der Waals surface area contributed by atoms with Gasteiger partial charge in [-0.15, -0.1) is 24.0 Å². The van der Waals surface area contributed by atoms with Crippen molar-refractivity contribution in [3.05, 3.63) is 29.8 Å². The van der Waals surface area contributed by atoms with Crippen molar-refractivity contribution in [1.82, 2.24) is 10.6 Å². The van der Waals surface area contributed by atoms with Gasteiger partial charge in [0, 0.05) is 25.9 Å². The Morgan fingerprint density at radius 1 is 1.33 bits per heavy atom. The zero-order chi connectivity index (χ0) is 17.3. The number of methoxy groups -OCH3 is 1. The average Bonchev–Trinajstić information content (AvgIpc) is 2.51. The lowest BCUT2D eigenvalue weighted by molar-refractivity contribution is 0.409. The zero-order valence-electron chi connectivity index (χ0n) is 14.7. The van der Waals surface area contributed by atoms with Gasteiger partial charge in [-0.05, 0) is 31.4 Å². The second kappa shape index (κ2) is 11.5. The highest BCUT2D eigenvalue weighted by Crippen LogP contribution is 2.17. The molecular weight excluding hydrogens is 441 g/mol. The smallest absolute Gasteiger partial charge is 0.191 e. The van der Waals surface area contributed by atoms with E-state index in [2.05, 4.69) is 15.6 Å². The molecule has 2 N–H and O–H groups in total. The number of sulfone groups is 1. The molecule has 0 spiro atoms. The summed E-state index contributed by atoms with van der Waals surface area (Å²) in [7, 11) is 0.422. The number of aliphatic imine (C=N–C) groups is 1. The fourth-order valence-electron chi connectivity index (χ4n) is 2.12. The van der Waals surface area contributed by atoms with Gasteiger partial charge in [0.2, 0.25) is 0 Å². The Kier molecular flexibility index (Phi) is 11.0. The Balaban J connectivity index is 0.00000529. The van der Waals surface area contributed by atoms with Crippen molar-refractivity contribution < 1.29 is 13.2 Å². The highest BCUT2D eigenvalue weighted by molar-refractivity contribution is 14.0. The lowest BCUT2D eigenvalue weighted by Gasteiger charge is -2.18. The number of guanidine groups is 1. The molecule has 1 aromatic rings. The second-order valence-corrected chi connectivity index (χ2v) is 7.78. The predicted molar refractivity (Wildman–Crippen MR) is 110 cm³/mol. The molecule has 0 saturated carbocycles. The van der Waals surface area contributed by atoms with Crippen LogP contribution >= 0.6 is 24.0 Å². The standard InChI is InChI=1S/C16H27N3O3S.HI/c1-13(10-12-23(4,20)21)19-16(17-2)18-11-9-14-7-5-6-8-15(14)22-3;/h5-8,13H,9-12H2,1-4H3,(H2,17,18,19);1H. The fourth-order valence-corrected chi connectivity index (χ4v) is 2.90. The molecule has 1 aromatic carbocycles. The Morgan fingerprint density at radius 3 is 2.58 bits per heavy atom. The lowest BCUT2D eigenvalue weighted by atomic mass is 10.1. The summed E-state index contributed by atoms with van der Waals surface area (Å²) in [5, 5.41) is 6.43. The minimum atomic E-state index is -2.94. The third-order valence-electron chi connectivity index (χ3n) is 3.41. The molecule has 0 bridgehead atoms. The molecule has 8 heteroatoms. The van der Waals surface area contributed by atoms with E-state index in [1.165, 1.54) is 6.26 Å².